The fraction of sp³-hybridized carbons (Fsp3) is 0.385. The lowest BCUT2D eigenvalue weighted by Gasteiger charge is -2.06. The van der Waals surface area contributed by atoms with Gasteiger partial charge in [0.2, 0.25) is 0 Å². The second kappa shape index (κ2) is 5.08. The minimum Gasteiger partial charge on any atom is -0.495 e. The molecular formula is C13H16N2O3. The second-order valence-corrected chi connectivity index (χ2v) is 3.78. The lowest BCUT2D eigenvalue weighted by atomic mass is 10.3. The SMILES string of the molecule is CCOC(=O)c1cc2cc(OC)cnc2n1CC. The molecule has 2 heterocycles. The quantitative estimate of drug-likeness (QED) is 0.779. The van der Waals surface area contributed by atoms with Crippen LogP contribution in [0, 0.1) is 0 Å². The van der Waals surface area contributed by atoms with E-state index in [4.69, 9.17) is 9.47 Å². The van der Waals surface area contributed by atoms with Gasteiger partial charge in [-0.05, 0) is 26.0 Å². The number of fused-ring (bicyclic) bond motifs is 1. The number of rotatable bonds is 4. The van der Waals surface area contributed by atoms with E-state index < -0.39 is 0 Å². The van der Waals surface area contributed by atoms with Crippen LogP contribution in [-0.2, 0) is 11.3 Å². The number of carbonyl (C=O) groups is 1. The molecular weight excluding hydrogens is 232 g/mol. The molecule has 2 aromatic rings. The summed E-state index contributed by atoms with van der Waals surface area (Å²) in [5.41, 5.74) is 1.29. The molecule has 0 fully saturated rings. The van der Waals surface area contributed by atoms with E-state index >= 15 is 0 Å². The first-order valence-electron chi connectivity index (χ1n) is 5.91. The Bertz CT molecular complexity index is 575. The van der Waals surface area contributed by atoms with Crippen LogP contribution < -0.4 is 4.74 Å². The molecule has 0 atom stereocenters. The topological polar surface area (TPSA) is 53.4 Å². The average Bonchev–Trinajstić information content (AvgIpc) is 2.76. The van der Waals surface area contributed by atoms with E-state index in [2.05, 4.69) is 4.98 Å². The van der Waals surface area contributed by atoms with Crippen molar-refractivity contribution in [3.8, 4) is 5.75 Å². The summed E-state index contributed by atoms with van der Waals surface area (Å²) in [6, 6.07) is 3.64. The van der Waals surface area contributed by atoms with Gasteiger partial charge in [-0.25, -0.2) is 9.78 Å². The van der Waals surface area contributed by atoms with Crippen LogP contribution in [0.2, 0.25) is 0 Å². The highest BCUT2D eigenvalue weighted by Crippen LogP contribution is 2.22. The van der Waals surface area contributed by atoms with Crippen molar-refractivity contribution in [2.75, 3.05) is 13.7 Å². The number of esters is 1. The van der Waals surface area contributed by atoms with Gasteiger partial charge in [-0.2, -0.15) is 0 Å². The van der Waals surface area contributed by atoms with Crippen LogP contribution in [0.5, 0.6) is 5.75 Å². The monoisotopic (exact) mass is 248 g/mol. The third-order valence-corrected chi connectivity index (χ3v) is 2.75. The summed E-state index contributed by atoms with van der Waals surface area (Å²) in [5, 5.41) is 0.874. The standard InChI is InChI=1S/C13H16N2O3/c1-4-15-11(13(16)18-5-2)7-9-6-10(17-3)8-14-12(9)15/h6-8H,4-5H2,1-3H3. The number of hydrogen-bond donors (Lipinski definition) is 0. The molecule has 18 heavy (non-hydrogen) atoms. The number of hydrogen-bond acceptors (Lipinski definition) is 4. The van der Waals surface area contributed by atoms with Crippen molar-refractivity contribution in [3.05, 3.63) is 24.0 Å². The molecule has 0 spiro atoms. The van der Waals surface area contributed by atoms with Gasteiger partial charge in [-0.3, -0.25) is 0 Å². The maximum Gasteiger partial charge on any atom is 0.355 e. The lowest BCUT2D eigenvalue weighted by molar-refractivity contribution is 0.0514. The van der Waals surface area contributed by atoms with E-state index in [1.54, 1.807) is 26.3 Å². The molecule has 5 heteroatoms. The number of nitrogens with zero attached hydrogens (tertiary/aromatic N) is 2. The zero-order valence-corrected chi connectivity index (χ0v) is 10.8. The lowest BCUT2D eigenvalue weighted by Crippen LogP contribution is -2.11. The Balaban J connectivity index is 2.56. The molecule has 0 aromatic carbocycles. The number of aromatic nitrogens is 2. The highest BCUT2D eigenvalue weighted by atomic mass is 16.5. The largest absolute Gasteiger partial charge is 0.495 e. The first-order chi connectivity index (χ1) is 8.71. The van der Waals surface area contributed by atoms with Crippen LogP contribution in [-0.4, -0.2) is 29.2 Å². The summed E-state index contributed by atoms with van der Waals surface area (Å²) < 4.78 is 12.0. The van der Waals surface area contributed by atoms with Gasteiger partial charge in [0.15, 0.2) is 0 Å². The number of aryl methyl sites for hydroxylation is 1. The van der Waals surface area contributed by atoms with Gasteiger partial charge >= 0.3 is 5.97 Å². The van der Waals surface area contributed by atoms with E-state index in [1.165, 1.54) is 0 Å². The Kier molecular flexibility index (Phi) is 3.50. The molecule has 5 nitrogen and oxygen atoms in total. The molecule has 0 radical (unpaired) electrons. The molecule has 0 amide bonds. The van der Waals surface area contributed by atoms with Gasteiger partial charge < -0.3 is 14.0 Å². The van der Waals surface area contributed by atoms with Crippen LogP contribution in [0.4, 0.5) is 0 Å². The minimum atomic E-state index is -0.323. The smallest absolute Gasteiger partial charge is 0.355 e. The summed E-state index contributed by atoms with van der Waals surface area (Å²) in [7, 11) is 1.59. The summed E-state index contributed by atoms with van der Waals surface area (Å²) in [5.74, 6) is 0.350. The predicted molar refractivity (Wildman–Crippen MR) is 67.9 cm³/mol. The molecule has 0 bridgehead atoms. The molecule has 2 aromatic heterocycles. The first-order valence-corrected chi connectivity index (χ1v) is 5.91. The van der Waals surface area contributed by atoms with Crippen LogP contribution in [0.15, 0.2) is 18.3 Å². The molecule has 0 saturated heterocycles. The molecule has 2 rings (SSSR count). The molecule has 0 N–H and O–H groups in total. The molecule has 0 aliphatic heterocycles. The number of methoxy groups -OCH3 is 1. The fourth-order valence-corrected chi connectivity index (χ4v) is 1.93. The van der Waals surface area contributed by atoms with Crippen molar-refractivity contribution in [2.45, 2.75) is 20.4 Å². The molecule has 0 aliphatic rings. The average molecular weight is 248 g/mol. The summed E-state index contributed by atoms with van der Waals surface area (Å²) in [6.07, 6.45) is 1.64. The highest BCUT2D eigenvalue weighted by Gasteiger charge is 2.16. The minimum absolute atomic E-state index is 0.323. The third kappa shape index (κ3) is 2.03. The van der Waals surface area contributed by atoms with Crippen molar-refractivity contribution in [2.24, 2.45) is 0 Å². The molecule has 0 unspecified atom stereocenters. The normalized spacial score (nSPS) is 10.6. The van der Waals surface area contributed by atoms with Gasteiger partial charge in [0, 0.05) is 11.9 Å². The molecule has 96 valence electrons. The Morgan fingerprint density at radius 3 is 2.78 bits per heavy atom. The Morgan fingerprint density at radius 1 is 1.39 bits per heavy atom. The van der Waals surface area contributed by atoms with E-state index in [-0.39, 0.29) is 5.97 Å². The van der Waals surface area contributed by atoms with E-state index in [0.717, 1.165) is 11.0 Å². The number of carbonyl (C=O) groups excluding carboxylic acids is 1. The summed E-state index contributed by atoms with van der Waals surface area (Å²) >= 11 is 0. The predicted octanol–water partition coefficient (Wildman–Crippen LogP) is 2.24. The first kappa shape index (κ1) is 12.4. The fourth-order valence-electron chi connectivity index (χ4n) is 1.93. The molecule has 0 aliphatic carbocycles. The van der Waals surface area contributed by atoms with Crippen molar-refractivity contribution in [1.29, 1.82) is 0 Å². The van der Waals surface area contributed by atoms with Gasteiger partial charge in [0.25, 0.3) is 0 Å². The summed E-state index contributed by atoms with van der Waals surface area (Å²) in [6.45, 7) is 4.78. The van der Waals surface area contributed by atoms with Crippen molar-refractivity contribution < 1.29 is 14.3 Å². The Hall–Kier alpha value is -2.04. The third-order valence-electron chi connectivity index (χ3n) is 2.75. The number of pyridine rings is 1. The maximum atomic E-state index is 11.8. The zero-order valence-electron chi connectivity index (χ0n) is 10.8. The van der Waals surface area contributed by atoms with Crippen LogP contribution in [0.1, 0.15) is 24.3 Å². The van der Waals surface area contributed by atoms with Gasteiger partial charge in [0.1, 0.15) is 17.1 Å². The van der Waals surface area contributed by atoms with Crippen LogP contribution in [0.25, 0.3) is 11.0 Å². The second-order valence-electron chi connectivity index (χ2n) is 3.78. The zero-order chi connectivity index (χ0) is 13.1. The van der Waals surface area contributed by atoms with Crippen molar-refractivity contribution in [1.82, 2.24) is 9.55 Å². The van der Waals surface area contributed by atoms with Crippen molar-refractivity contribution >= 4 is 17.0 Å². The van der Waals surface area contributed by atoms with Gasteiger partial charge in [0.05, 0.1) is 19.9 Å². The van der Waals surface area contributed by atoms with Gasteiger partial charge in [-0.15, -0.1) is 0 Å². The molecule has 0 saturated carbocycles. The Morgan fingerprint density at radius 2 is 2.17 bits per heavy atom. The van der Waals surface area contributed by atoms with Crippen LogP contribution in [0.3, 0.4) is 0 Å². The number of ether oxygens (including phenoxy) is 2. The Labute approximate surface area is 105 Å². The van der Waals surface area contributed by atoms with E-state index in [1.807, 2.05) is 17.6 Å². The van der Waals surface area contributed by atoms with Crippen LogP contribution >= 0.6 is 0 Å². The van der Waals surface area contributed by atoms with E-state index in [0.29, 0.717) is 24.6 Å². The summed E-state index contributed by atoms with van der Waals surface area (Å²) in [4.78, 5) is 16.2. The maximum absolute atomic E-state index is 11.8. The highest BCUT2D eigenvalue weighted by molar-refractivity contribution is 5.94. The van der Waals surface area contributed by atoms with E-state index in [9.17, 15) is 4.79 Å². The van der Waals surface area contributed by atoms with Gasteiger partial charge in [-0.1, -0.05) is 0 Å². The van der Waals surface area contributed by atoms with Crippen molar-refractivity contribution in [3.63, 3.8) is 0 Å².